The number of nitrogens with zero attached hydrogens (tertiary/aromatic N) is 4. The third-order valence-corrected chi connectivity index (χ3v) is 5.17. The monoisotopic (exact) mass is 411 g/mol. The van der Waals surface area contributed by atoms with Crippen LogP contribution in [0.15, 0.2) is 18.2 Å². The van der Waals surface area contributed by atoms with Gasteiger partial charge in [0.2, 0.25) is 6.79 Å². The molecule has 0 saturated heterocycles. The molecule has 0 aliphatic carbocycles. The van der Waals surface area contributed by atoms with Crippen molar-refractivity contribution in [1.82, 2.24) is 19.7 Å². The summed E-state index contributed by atoms with van der Waals surface area (Å²) in [6, 6.07) is 5.76. The van der Waals surface area contributed by atoms with E-state index in [9.17, 15) is 9.90 Å². The summed E-state index contributed by atoms with van der Waals surface area (Å²) >= 11 is 0. The fourth-order valence-electron chi connectivity index (χ4n) is 3.65. The summed E-state index contributed by atoms with van der Waals surface area (Å²) in [5, 5.41) is 17.6. The van der Waals surface area contributed by atoms with Gasteiger partial charge in [0.05, 0.1) is 5.69 Å². The molecule has 30 heavy (non-hydrogen) atoms. The third-order valence-electron chi connectivity index (χ3n) is 5.17. The van der Waals surface area contributed by atoms with Crippen molar-refractivity contribution in [3.8, 4) is 11.5 Å². The summed E-state index contributed by atoms with van der Waals surface area (Å²) in [6.07, 6.45) is 2.09. The molecule has 158 valence electrons. The molecule has 0 fully saturated rings. The van der Waals surface area contributed by atoms with Crippen LogP contribution in [0.3, 0.4) is 0 Å². The third kappa shape index (κ3) is 3.62. The van der Waals surface area contributed by atoms with Crippen molar-refractivity contribution in [3.05, 3.63) is 35.3 Å². The maximum atomic E-state index is 11.7. The number of nitrogens with one attached hydrogen (secondary N) is 1. The molecule has 0 spiro atoms. The predicted octanol–water partition coefficient (Wildman–Crippen LogP) is 3.23. The Morgan fingerprint density at radius 2 is 2.07 bits per heavy atom. The lowest BCUT2D eigenvalue weighted by Crippen LogP contribution is -2.16. The number of hydrogen-bond acceptors (Lipinski definition) is 7. The van der Waals surface area contributed by atoms with E-state index in [0.717, 1.165) is 35.4 Å². The Balaban J connectivity index is 1.73. The summed E-state index contributed by atoms with van der Waals surface area (Å²) in [4.78, 5) is 20.9. The highest BCUT2D eigenvalue weighted by atomic mass is 16.7. The zero-order chi connectivity index (χ0) is 21.3. The van der Waals surface area contributed by atoms with Gasteiger partial charge in [-0.2, -0.15) is 5.10 Å². The Hall–Kier alpha value is -3.36. The van der Waals surface area contributed by atoms with Gasteiger partial charge >= 0.3 is 5.97 Å². The largest absolute Gasteiger partial charge is 0.481 e. The van der Waals surface area contributed by atoms with Crippen LogP contribution >= 0.6 is 0 Å². The molecule has 3 aromatic rings. The van der Waals surface area contributed by atoms with Gasteiger partial charge in [-0.25, -0.2) is 9.97 Å². The smallest absolute Gasteiger partial charge is 0.314 e. The van der Waals surface area contributed by atoms with Crippen LogP contribution in [0.25, 0.3) is 11.0 Å². The van der Waals surface area contributed by atoms with E-state index in [2.05, 4.69) is 27.3 Å². The Kier molecular flexibility index (Phi) is 5.43. The number of carbonyl (C=O) groups is 1. The highest BCUT2D eigenvalue weighted by Crippen LogP contribution is 2.33. The average molecular weight is 411 g/mol. The Labute approximate surface area is 174 Å². The highest BCUT2D eigenvalue weighted by molar-refractivity contribution is 5.88. The van der Waals surface area contributed by atoms with Gasteiger partial charge in [0.1, 0.15) is 22.8 Å². The number of hydrogen-bond donors (Lipinski definition) is 2. The molecule has 0 saturated carbocycles. The summed E-state index contributed by atoms with van der Waals surface area (Å²) in [5.41, 5.74) is 3.32. The lowest BCUT2D eigenvalue weighted by molar-refractivity contribution is -0.139. The second kappa shape index (κ2) is 8.17. The van der Waals surface area contributed by atoms with Crippen LogP contribution in [0.4, 0.5) is 5.82 Å². The van der Waals surface area contributed by atoms with E-state index in [0.29, 0.717) is 35.9 Å². The van der Waals surface area contributed by atoms with Crippen molar-refractivity contribution in [2.75, 3.05) is 12.1 Å². The Morgan fingerprint density at radius 3 is 2.80 bits per heavy atom. The quantitative estimate of drug-likeness (QED) is 0.581. The first-order valence-electron chi connectivity index (χ1n) is 10.1. The minimum absolute atomic E-state index is 0.227. The van der Waals surface area contributed by atoms with Gasteiger partial charge < -0.3 is 19.9 Å². The summed E-state index contributed by atoms with van der Waals surface area (Å²) < 4.78 is 12.6. The minimum Gasteiger partial charge on any atom is -0.481 e. The maximum Gasteiger partial charge on any atom is 0.314 e. The van der Waals surface area contributed by atoms with Crippen molar-refractivity contribution in [1.29, 1.82) is 0 Å². The second-order valence-electron chi connectivity index (χ2n) is 7.29. The molecule has 1 aromatic carbocycles. The van der Waals surface area contributed by atoms with Gasteiger partial charge in [0.25, 0.3) is 0 Å². The van der Waals surface area contributed by atoms with Crippen LogP contribution in [-0.4, -0.2) is 37.6 Å². The molecule has 0 bridgehead atoms. The van der Waals surface area contributed by atoms with Gasteiger partial charge in [-0.1, -0.05) is 26.3 Å². The average Bonchev–Trinajstić information content (AvgIpc) is 3.31. The van der Waals surface area contributed by atoms with E-state index in [1.165, 1.54) is 0 Å². The lowest BCUT2D eigenvalue weighted by Gasteiger charge is -2.13. The van der Waals surface area contributed by atoms with Crippen molar-refractivity contribution in [2.45, 2.75) is 45.6 Å². The molecule has 0 amide bonds. The second-order valence-corrected chi connectivity index (χ2v) is 7.29. The van der Waals surface area contributed by atoms with E-state index in [1.807, 2.05) is 32.2 Å². The van der Waals surface area contributed by atoms with E-state index < -0.39 is 11.9 Å². The van der Waals surface area contributed by atoms with Crippen LogP contribution in [-0.2, 0) is 24.8 Å². The number of ether oxygens (including phenoxy) is 2. The number of anilines is 1. The summed E-state index contributed by atoms with van der Waals surface area (Å²) in [5.74, 6) is 0.620. The molecule has 1 unspecified atom stereocenters. The predicted molar refractivity (Wildman–Crippen MR) is 111 cm³/mol. The number of rotatable bonds is 8. The van der Waals surface area contributed by atoms with Gasteiger partial charge in [-0.15, -0.1) is 0 Å². The number of benzene rings is 1. The molecule has 1 atom stereocenters. The Morgan fingerprint density at radius 1 is 1.27 bits per heavy atom. The first-order valence-corrected chi connectivity index (χ1v) is 10.1. The normalized spacial score (nSPS) is 13.6. The van der Waals surface area contributed by atoms with Crippen LogP contribution in [0.1, 0.15) is 49.7 Å². The van der Waals surface area contributed by atoms with E-state index >= 15 is 0 Å². The van der Waals surface area contributed by atoms with Gasteiger partial charge in [0, 0.05) is 13.6 Å². The molecule has 2 N–H and O–H groups in total. The van der Waals surface area contributed by atoms with Gasteiger partial charge in [-0.3, -0.25) is 9.48 Å². The summed E-state index contributed by atoms with van der Waals surface area (Å²) in [7, 11) is 1.85. The standard InChI is InChI=1S/C21H25N5O4/c1-4-6-14-17-18(26(3)25-14)20(24-19(23-17)13(5-2)21(27)28)22-10-12-7-8-15-16(9-12)30-11-29-15/h7-9,13H,4-6,10-11H2,1-3H3,(H,27,28)(H,22,23,24). The molecular weight excluding hydrogens is 386 g/mol. The SMILES string of the molecule is CCCc1nn(C)c2c(NCc3ccc4c(c3)OCO4)nc(C(CC)C(=O)O)nc12. The topological polar surface area (TPSA) is 111 Å². The zero-order valence-corrected chi connectivity index (χ0v) is 17.3. The van der Waals surface area contributed by atoms with Crippen LogP contribution < -0.4 is 14.8 Å². The molecule has 9 heteroatoms. The first kappa shape index (κ1) is 19.9. The molecule has 4 rings (SSSR count). The number of carboxylic acids is 1. The molecule has 3 heterocycles. The lowest BCUT2D eigenvalue weighted by atomic mass is 10.1. The molecule has 1 aliphatic rings. The zero-order valence-electron chi connectivity index (χ0n) is 17.3. The Bertz CT molecular complexity index is 1090. The van der Waals surface area contributed by atoms with Gasteiger partial charge in [-0.05, 0) is 30.5 Å². The maximum absolute atomic E-state index is 11.7. The van der Waals surface area contributed by atoms with E-state index in [-0.39, 0.29) is 6.79 Å². The minimum atomic E-state index is -0.931. The van der Waals surface area contributed by atoms with Crippen molar-refractivity contribution in [2.24, 2.45) is 7.05 Å². The van der Waals surface area contributed by atoms with E-state index in [1.54, 1.807) is 4.68 Å². The highest BCUT2D eigenvalue weighted by Gasteiger charge is 2.25. The van der Waals surface area contributed by atoms with Crippen molar-refractivity contribution in [3.63, 3.8) is 0 Å². The molecule has 0 radical (unpaired) electrons. The van der Waals surface area contributed by atoms with Crippen LogP contribution in [0, 0.1) is 0 Å². The number of fused-ring (bicyclic) bond motifs is 2. The van der Waals surface area contributed by atoms with Crippen molar-refractivity contribution < 1.29 is 19.4 Å². The van der Waals surface area contributed by atoms with Crippen LogP contribution in [0.2, 0.25) is 0 Å². The molecule has 1 aliphatic heterocycles. The number of aliphatic carboxylic acids is 1. The van der Waals surface area contributed by atoms with Gasteiger partial charge in [0.15, 0.2) is 17.3 Å². The van der Waals surface area contributed by atoms with E-state index in [4.69, 9.17) is 9.47 Å². The molecule has 2 aromatic heterocycles. The fourth-order valence-corrected chi connectivity index (χ4v) is 3.65. The molecular formula is C21H25N5O4. The van der Waals surface area contributed by atoms with Crippen LogP contribution in [0.5, 0.6) is 11.5 Å². The summed E-state index contributed by atoms with van der Waals surface area (Å²) in [6.45, 7) is 4.61. The molecule has 9 nitrogen and oxygen atoms in total. The van der Waals surface area contributed by atoms with Crippen molar-refractivity contribution >= 4 is 22.8 Å². The first-order chi connectivity index (χ1) is 14.5. The number of carboxylic acid groups (broad SMARTS) is 1. The number of aryl methyl sites for hydroxylation is 2. The number of aromatic nitrogens is 4. The fraction of sp³-hybridized carbons (Fsp3) is 0.429.